The lowest BCUT2D eigenvalue weighted by atomic mass is 10.0. The van der Waals surface area contributed by atoms with Gasteiger partial charge in [0.15, 0.2) is 0 Å². The fourth-order valence-electron chi connectivity index (χ4n) is 2.93. The second-order valence-electron chi connectivity index (χ2n) is 6.23. The van der Waals surface area contributed by atoms with E-state index in [0.717, 1.165) is 37.1 Å². The lowest BCUT2D eigenvalue weighted by molar-refractivity contribution is -0.120. The molecule has 0 aromatic heterocycles. The van der Waals surface area contributed by atoms with Crippen molar-refractivity contribution in [1.82, 2.24) is 4.90 Å². The highest BCUT2D eigenvalue weighted by atomic mass is 16.3. The summed E-state index contributed by atoms with van der Waals surface area (Å²) in [6.45, 7) is 4.68. The largest absolute Gasteiger partial charge is 0.393 e. The molecule has 1 saturated carbocycles. The van der Waals surface area contributed by atoms with Gasteiger partial charge in [-0.3, -0.25) is 9.69 Å². The Bertz CT molecular complexity index is 489. The number of likely N-dealkylation sites (N-methyl/N-ethyl adjacent to an activating group) is 1. The van der Waals surface area contributed by atoms with Crippen LogP contribution >= 0.6 is 0 Å². The van der Waals surface area contributed by atoms with Crippen molar-refractivity contribution in [3.8, 4) is 0 Å². The molecule has 3 unspecified atom stereocenters. The number of benzene rings is 1. The molecular weight excluding hydrogens is 264 g/mol. The van der Waals surface area contributed by atoms with Crippen molar-refractivity contribution in [1.29, 1.82) is 0 Å². The maximum Gasteiger partial charge on any atom is 0.241 e. The Balaban J connectivity index is 1.89. The lowest BCUT2D eigenvalue weighted by Gasteiger charge is -2.28. The van der Waals surface area contributed by atoms with Crippen molar-refractivity contribution in [3.63, 3.8) is 0 Å². The highest BCUT2D eigenvalue weighted by Crippen LogP contribution is 2.26. The number of nitrogens with zero attached hydrogens (tertiary/aromatic N) is 1. The first-order valence-corrected chi connectivity index (χ1v) is 7.73. The van der Waals surface area contributed by atoms with Crippen LogP contribution in [0.15, 0.2) is 24.3 Å². The predicted octanol–water partition coefficient (Wildman–Crippen LogP) is 2.41. The van der Waals surface area contributed by atoms with E-state index >= 15 is 0 Å². The number of carbonyl (C=O) groups is 1. The number of aliphatic hydroxyl groups excluding tert-OH is 1. The van der Waals surface area contributed by atoms with Gasteiger partial charge in [0.25, 0.3) is 0 Å². The van der Waals surface area contributed by atoms with E-state index in [4.69, 9.17) is 0 Å². The zero-order chi connectivity index (χ0) is 15.4. The summed E-state index contributed by atoms with van der Waals surface area (Å²) in [7, 11) is 1.95. The number of aryl methyl sites for hydroxylation is 1. The summed E-state index contributed by atoms with van der Waals surface area (Å²) in [5.74, 6) is 0.291. The molecule has 0 aliphatic heterocycles. The van der Waals surface area contributed by atoms with E-state index in [2.05, 4.69) is 5.32 Å². The zero-order valence-corrected chi connectivity index (χ0v) is 13.2. The van der Waals surface area contributed by atoms with Crippen LogP contribution < -0.4 is 5.32 Å². The molecule has 3 atom stereocenters. The highest BCUT2D eigenvalue weighted by Gasteiger charge is 2.28. The topological polar surface area (TPSA) is 52.6 Å². The van der Waals surface area contributed by atoms with Crippen molar-refractivity contribution in [2.24, 2.45) is 5.92 Å². The second kappa shape index (κ2) is 7.05. The summed E-state index contributed by atoms with van der Waals surface area (Å²) in [4.78, 5) is 14.3. The molecule has 0 radical (unpaired) electrons. The molecule has 0 heterocycles. The molecule has 1 aliphatic rings. The van der Waals surface area contributed by atoms with Crippen LogP contribution in [-0.2, 0) is 4.79 Å². The van der Waals surface area contributed by atoms with Crippen LogP contribution in [0.4, 0.5) is 5.69 Å². The minimum absolute atomic E-state index is 0.00409. The number of aliphatic hydroxyl groups is 1. The molecule has 2 rings (SSSR count). The molecule has 2 N–H and O–H groups in total. The Morgan fingerprint density at radius 1 is 1.48 bits per heavy atom. The van der Waals surface area contributed by atoms with E-state index < -0.39 is 0 Å². The first kappa shape index (κ1) is 16.0. The number of anilines is 1. The van der Waals surface area contributed by atoms with Gasteiger partial charge in [-0.05, 0) is 57.4 Å². The van der Waals surface area contributed by atoms with Crippen LogP contribution in [-0.4, -0.2) is 41.7 Å². The fourth-order valence-corrected chi connectivity index (χ4v) is 2.93. The molecule has 0 spiro atoms. The van der Waals surface area contributed by atoms with Crippen LogP contribution in [0.3, 0.4) is 0 Å². The summed E-state index contributed by atoms with van der Waals surface area (Å²) < 4.78 is 0. The summed E-state index contributed by atoms with van der Waals surface area (Å²) in [6.07, 6.45) is 2.82. The third kappa shape index (κ3) is 4.29. The minimum Gasteiger partial charge on any atom is -0.393 e. The van der Waals surface area contributed by atoms with E-state index in [0.29, 0.717) is 5.92 Å². The van der Waals surface area contributed by atoms with Crippen molar-refractivity contribution in [2.75, 3.05) is 18.9 Å². The van der Waals surface area contributed by atoms with Gasteiger partial charge in [0.05, 0.1) is 12.1 Å². The molecular formula is C17H26N2O2. The Labute approximate surface area is 127 Å². The van der Waals surface area contributed by atoms with Gasteiger partial charge in [-0.1, -0.05) is 18.6 Å². The molecule has 4 nitrogen and oxygen atoms in total. The van der Waals surface area contributed by atoms with Gasteiger partial charge in [-0.15, -0.1) is 0 Å². The molecule has 0 bridgehead atoms. The van der Waals surface area contributed by atoms with Crippen LogP contribution in [0.5, 0.6) is 0 Å². The molecule has 0 saturated heterocycles. The quantitative estimate of drug-likeness (QED) is 0.875. The van der Waals surface area contributed by atoms with E-state index in [1.807, 2.05) is 50.1 Å². The van der Waals surface area contributed by atoms with E-state index in [9.17, 15) is 9.90 Å². The fraction of sp³-hybridized carbons (Fsp3) is 0.588. The summed E-state index contributed by atoms with van der Waals surface area (Å²) in [5, 5.41) is 12.9. The monoisotopic (exact) mass is 290 g/mol. The Kier molecular flexibility index (Phi) is 5.37. The number of rotatable bonds is 5. The third-order valence-electron chi connectivity index (χ3n) is 4.47. The molecule has 4 heteroatoms. The standard InChI is InChI=1S/C17H26N2O2/c1-12-6-4-8-15(10-12)18-17(21)13(2)19(3)11-14-7-5-9-16(14)20/h4,6,8,10,13-14,16,20H,5,7,9,11H2,1-3H3,(H,18,21). The van der Waals surface area contributed by atoms with Gasteiger partial charge in [-0.25, -0.2) is 0 Å². The third-order valence-corrected chi connectivity index (χ3v) is 4.47. The van der Waals surface area contributed by atoms with Gasteiger partial charge < -0.3 is 10.4 Å². The molecule has 1 aliphatic carbocycles. The summed E-state index contributed by atoms with van der Waals surface area (Å²) in [6, 6.07) is 7.60. The number of carbonyl (C=O) groups excluding carboxylic acids is 1. The minimum atomic E-state index is -0.210. The van der Waals surface area contributed by atoms with E-state index in [1.165, 1.54) is 0 Å². The Morgan fingerprint density at radius 2 is 2.24 bits per heavy atom. The highest BCUT2D eigenvalue weighted by molar-refractivity contribution is 5.94. The van der Waals surface area contributed by atoms with Gasteiger partial charge in [-0.2, -0.15) is 0 Å². The van der Waals surface area contributed by atoms with E-state index in [-0.39, 0.29) is 18.1 Å². The van der Waals surface area contributed by atoms with Gasteiger partial charge >= 0.3 is 0 Å². The average Bonchev–Trinajstić information content (AvgIpc) is 2.83. The van der Waals surface area contributed by atoms with Gasteiger partial charge in [0.1, 0.15) is 0 Å². The van der Waals surface area contributed by atoms with Crippen LogP contribution in [0.1, 0.15) is 31.7 Å². The number of hydrogen-bond acceptors (Lipinski definition) is 3. The van der Waals surface area contributed by atoms with Gasteiger partial charge in [0.2, 0.25) is 5.91 Å². The number of amides is 1. The zero-order valence-electron chi connectivity index (χ0n) is 13.2. The number of nitrogens with one attached hydrogen (secondary N) is 1. The van der Waals surface area contributed by atoms with Crippen LogP contribution in [0, 0.1) is 12.8 Å². The molecule has 1 fully saturated rings. The summed E-state index contributed by atoms with van der Waals surface area (Å²) >= 11 is 0. The molecule has 1 aromatic rings. The first-order chi connectivity index (χ1) is 9.97. The lowest BCUT2D eigenvalue weighted by Crippen LogP contribution is -2.43. The smallest absolute Gasteiger partial charge is 0.241 e. The molecule has 21 heavy (non-hydrogen) atoms. The maximum absolute atomic E-state index is 12.3. The normalized spacial score (nSPS) is 23.3. The molecule has 116 valence electrons. The van der Waals surface area contributed by atoms with Crippen molar-refractivity contribution in [2.45, 2.75) is 45.3 Å². The molecule has 1 aromatic carbocycles. The number of hydrogen-bond donors (Lipinski definition) is 2. The Morgan fingerprint density at radius 3 is 2.86 bits per heavy atom. The first-order valence-electron chi connectivity index (χ1n) is 7.73. The SMILES string of the molecule is Cc1cccc(NC(=O)C(C)N(C)CC2CCCC2O)c1. The van der Waals surface area contributed by atoms with Crippen LogP contribution in [0.2, 0.25) is 0 Å². The van der Waals surface area contributed by atoms with Crippen molar-refractivity contribution < 1.29 is 9.90 Å². The van der Waals surface area contributed by atoms with Crippen molar-refractivity contribution >= 4 is 11.6 Å². The summed E-state index contributed by atoms with van der Waals surface area (Å²) in [5.41, 5.74) is 1.96. The predicted molar refractivity (Wildman–Crippen MR) is 85.2 cm³/mol. The van der Waals surface area contributed by atoms with E-state index in [1.54, 1.807) is 0 Å². The van der Waals surface area contributed by atoms with Gasteiger partial charge in [0, 0.05) is 12.2 Å². The molecule has 1 amide bonds. The second-order valence-corrected chi connectivity index (χ2v) is 6.23. The maximum atomic E-state index is 12.3. The Hall–Kier alpha value is -1.39. The van der Waals surface area contributed by atoms with Crippen LogP contribution in [0.25, 0.3) is 0 Å². The average molecular weight is 290 g/mol. The van der Waals surface area contributed by atoms with Crippen molar-refractivity contribution in [3.05, 3.63) is 29.8 Å².